The number of nitrogens with one attached hydrogen (secondary N) is 1. The van der Waals surface area contributed by atoms with Gasteiger partial charge in [0.2, 0.25) is 5.91 Å². The fourth-order valence-corrected chi connectivity index (χ4v) is 4.32. The molecule has 2 aromatic carbocycles. The van der Waals surface area contributed by atoms with E-state index in [1.807, 2.05) is 0 Å². The van der Waals surface area contributed by atoms with Crippen LogP contribution in [-0.2, 0) is 17.3 Å². The molecule has 1 N–H and O–H groups in total. The van der Waals surface area contributed by atoms with E-state index in [4.69, 9.17) is 27.9 Å². The Kier molecular flexibility index (Phi) is 4.25. The van der Waals surface area contributed by atoms with Crippen molar-refractivity contribution in [3.63, 3.8) is 0 Å². The molecule has 11 heteroatoms. The monoisotopic (exact) mass is 462 g/mol. The molecule has 1 fully saturated rings. The Morgan fingerprint density at radius 3 is 2.48 bits per heavy atom. The first-order valence-corrected chi connectivity index (χ1v) is 9.95. The average molecular weight is 463 g/mol. The summed E-state index contributed by atoms with van der Waals surface area (Å²) in [6.45, 7) is 0. The molecular weight excluding hydrogens is 450 g/mol. The fraction of sp³-hybridized carbons (Fsp3) is 0.200. The summed E-state index contributed by atoms with van der Waals surface area (Å²) in [4.78, 5) is 36.6. The van der Waals surface area contributed by atoms with Crippen LogP contribution in [0.5, 0.6) is 11.5 Å². The number of benzene rings is 2. The zero-order valence-corrected chi connectivity index (χ0v) is 17.4. The van der Waals surface area contributed by atoms with E-state index < -0.39 is 22.5 Å². The molecule has 0 radical (unpaired) electrons. The Labute approximate surface area is 183 Å². The lowest BCUT2D eigenvalue weighted by Crippen LogP contribution is -2.38. The molecule has 158 valence electrons. The van der Waals surface area contributed by atoms with Gasteiger partial charge in [-0.05, 0) is 37.1 Å². The minimum Gasteiger partial charge on any atom is -0.451 e. The number of fused-ring (bicyclic) bond motifs is 2. The predicted molar refractivity (Wildman–Crippen MR) is 111 cm³/mol. The highest BCUT2D eigenvalue weighted by molar-refractivity contribution is 6.37. The van der Waals surface area contributed by atoms with Crippen molar-refractivity contribution in [3.05, 3.63) is 72.7 Å². The first-order chi connectivity index (χ1) is 14.7. The zero-order chi connectivity index (χ0) is 22.1. The number of carbonyl (C=O) groups is 1. The number of nitrogens with zero attached hydrogens (tertiary/aromatic N) is 3. The van der Waals surface area contributed by atoms with Crippen LogP contribution in [0.15, 0.2) is 40.1 Å². The van der Waals surface area contributed by atoms with E-state index in [0.717, 1.165) is 15.4 Å². The van der Waals surface area contributed by atoms with Gasteiger partial charge < -0.3 is 10.1 Å². The van der Waals surface area contributed by atoms with Crippen molar-refractivity contribution in [2.24, 2.45) is 7.05 Å². The van der Waals surface area contributed by atoms with Crippen LogP contribution >= 0.6 is 23.2 Å². The molecule has 1 amide bonds. The summed E-state index contributed by atoms with van der Waals surface area (Å²) >= 11 is 12.6. The van der Waals surface area contributed by atoms with Crippen LogP contribution < -0.4 is 21.3 Å². The Morgan fingerprint density at radius 1 is 1.16 bits per heavy atom. The van der Waals surface area contributed by atoms with Crippen LogP contribution in [0.25, 0.3) is 5.69 Å². The predicted octanol–water partition coefficient (Wildman–Crippen LogP) is 3.15. The molecule has 1 aromatic heterocycles. The Hall–Kier alpha value is -3.17. The second-order valence-electron chi connectivity index (χ2n) is 7.40. The number of hydrogen-bond acceptors (Lipinski definition) is 5. The molecule has 1 aliphatic heterocycles. The number of carbonyl (C=O) groups excluding carboxylic acids is 1. The van der Waals surface area contributed by atoms with Crippen molar-refractivity contribution >= 4 is 34.8 Å². The van der Waals surface area contributed by atoms with Gasteiger partial charge >= 0.3 is 5.69 Å². The largest absolute Gasteiger partial charge is 0.451 e. The maximum Gasteiger partial charge on any atom is 0.351 e. The molecular formula is C20H13Cl2FN4O4. The van der Waals surface area contributed by atoms with Crippen LogP contribution in [0.1, 0.15) is 18.4 Å². The Morgan fingerprint density at radius 2 is 1.84 bits per heavy atom. The quantitative estimate of drug-likeness (QED) is 0.644. The molecule has 5 rings (SSSR count). The first-order valence-electron chi connectivity index (χ1n) is 9.20. The summed E-state index contributed by atoms with van der Waals surface area (Å²) in [5.41, 5.74) is -1.38. The van der Waals surface area contributed by atoms with Crippen molar-refractivity contribution in [1.29, 1.82) is 0 Å². The molecule has 1 spiro atoms. The highest BCUT2D eigenvalue weighted by Gasteiger charge is 2.58. The molecule has 8 nitrogen and oxygen atoms in total. The molecule has 2 heterocycles. The molecule has 3 aromatic rings. The van der Waals surface area contributed by atoms with Crippen molar-refractivity contribution in [2.45, 2.75) is 18.3 Å². The van der Waals surface area contributed by atoms with Gasteiger partial charge in [0.25, 0.3) is 5.56 Å². The van der Waals surface area contributed by atoms with Gasteiger partial charge in [-0.25, -0.2) is 18.4 Å². The fourth-order valence-electron chi connectivity index (χ4n) is 3.77. The van der Waals surface area contributed by atoms with Crippen molar-refractivity contribution < 1.29 is 13.9 Å². The topological polar surface area (TPSA) is 95.2 Å². The van der Waals surface area contributed by atoms with E-state index in [1.54, 1.807) is 6.07 Å². The number of anilines is 1. The van der Waals surface area contributed by atoms with Gasteiger partial charge in [-0.15, -0.1) is 0 Å². The van der Waals surface area contributed by atoms with Crippen LogP contribution in [0, 0.1) is 5.82 Å². The van der Waals surface area contributed by atoms with Crippen LogP contribution in [0.2, 0.25) is 10.0 Å². The standard InChI is InChI=1S/C20H13Cl2FN4O4/c1-26-19(30)27(14(28)8-24-26)9-6-10(21)17(11(22)7-9)31-13-3-2-12-15(16(13)23)20(4-5-20)18(29)25-12/h2-3,6-8H,4-5H2,1H3,(H,25,29). The molecule has 0 unspecified atom stereocenters. The molecule has 0 saturated heterocycles. The van der Waals surface area contributed by atoms with Crippen LogP contribution in [0.3, 0.4) is 0 Å². The summed E-state index contributed by atoms with van der Waals surface area (Å²) in [6.07, 6.45) is 2.12. The summed E-state index contributed by atoms with van der Waals surface area (Å²) in [6, 6.07) is 5.56. The summed E-state index contributed by atoms with van der Waals surface area (Å²) in [5.74, 6) is -1.07. The summed E-state index contributed by atoms with van der Waals surface area (Å²) < 4.78 is 22.7. The molecule has 31 heavy (non-hydrogen) atoms. The van der Waals surface area contributed by atoms with Gasteiger partial charge in [0.1, 0.15) is 6.20 Å². The van der Waals surface area contributed by atoms with E-state index >= 15 is 4.39 Å². The number of amides is 1. The van der Waals surface area contributed by atoms with Gasteiger partial charge in [-0.2, -0.15) is 5.10 Å². The second-order valence-corrected chi connectivity index (χ2v) is 8.22. The maximum absolute atomic E-state index is 15.2. The Bertz CT molecular complexity index is 1390. The first kappa shape index (κ1) is 19.8. The van der Waals surface area contributed by atoms with Crippen molar-refractivity contribution in [2.75, 3.05) is 5.32 Å². The third-order valence-corrected chi connectivity index (χ3v) is 6.06. The van der Waals surface area contributed by atoms with E-state index in [9.17, 15) is 14.4 Å². The lowest BCUT2D eigenvalue weighted by Gasteiger charge is -2.15. The average Bonchev–Trinajstić information content (AvgIpc) is 3.45. The smallest absolute Gasteiger partial charge is 0.351 e. The van der Waals surface area contributed by atoms with Gasteiger partial charge in [0.05, 0.1) is 21.1 Å². The third-order valence-electron chi connectivity index (χ3n) is 5.50. The van der Waals surface area contributed by atoms with Crippen LogP contribution in [-0.4, -0.2) is 20.3 Å². The molecule has 2 aliphatic rings. The normalized spacial score (nSPS) is 15.7. The molecule has 1 aliphatic carbocycles. The molecule has 1 saturated carbocycles. The number of halogens is 3. The number of rotatable bonds is 3. The third kappa shape index (κ3) is 2.88. The lowest BCUT2D eigenvalue weighted by atomic mass is 9.97. The van der Waals surface area contributed by atoms with E-state index in [-0.39, 0.29) is 38.7 Å². The summed E-state index contributed by atoms with van der Waals surface area (Å²) in [7, 11) is 1.39. The van der Waals surface area contributed by atoms with E-state index in [2.05, 4.69) is 10.4 Å². The second kappa shape index (κ2) is 6.66. The maximum atomic E-state index is 15.2. The minimum absolute atomic E-state index is 0.0384. The summed E-state index contributed by atoms with van der Waals surface area (Å²) in [5, 5.41) is 6.27. The van der Waals surface area contributed by atoms with Crippen molar-refractivity contribution in [3.8, 4) is 17.2 Å². The number of hydrogen-bond donors (Lipinski definition) is 1. The van der Waals surface area contributed by atoms with Gasteiger partial charge in [0.15, 0.2) is 17.3 Å². The highest BCUT2D eigenvalue weighted by Crippen LogP contribution is 2.57. The minimum atomic E-state index is -0.835. The van der Waals surface area contributed by atoms with Gasteiger partial charge in [-0.1, -0.05) is 23.2 Å². The molecule has 0 bridgehead atoms. The lowest BCUT2D eigenvalue weighted by molar-refractivity contribution is -0.117. The molecule has 0 atom stereocenters. The number of aromatic nitrogens is 3. The van der Waals surface area contributed by atoms with E-state index in [0.29, 0.717) is 18.5 Å². The Balaban J connectivity index is 1.57. The SMILES string of the molecule is Cn1ncc(=O)n(-c2cc(Cl)c(Oc3ccc4c(c3F)C3(CC3)C(=O)N4)c(Cl)c2)c1=O. The van der Waals surface area contributed by atoms with Gasteiger partial charge in [0, 0.05) is 18.3 Å². The van der Waals surface area contributed by atoms with Gasteiger partial charge in [-0.3, -0.25) is 9.59 Å². The number of ether oxygens (including phenoxy) is 1. The highest BCUT2D eigenvalue weighted by atomic mass is 35.5. The van der Waals surface area contributed by atoms with Crippen LogP contribution in [0.4, 0.5) is 10.1 Å². The van der Waals surface area contributed by atoms with Crippen molar-refractivity contribution in [1.82, 2.24) is 14.3 Å². The zero-order valence-electron chi connectivity index (χ0n) is 15.9. The van der Waals surface area contributed by atoms with E-state index in [1.165, 1.54) is 25.2 Å². The number of aryl methyl sites for hydroxylation is 1.